The van der Waals surface area contributed by atoms with Crippen molar-refractivity contribution in [3.05, 3.63) is 59.2 Å². The van der Waals surface area contributed by atoms with Crippen LogP contribution in [0.15, 0.2) is 53.6 Å². The van der Waals surface area contributed by atoms with Gasteiger partial charge in [0.15, 0.2) is 5.78 Å². The van der Waals surface area contributed by atoms with E-state index in [1.807, 2.05) is 49.3 Å². The third-order valence-electron chi connectivity index (χ3n) is 11.2. The van der Waals surface area contributed by atoms with Gasteiger partial charge < -0.3 is 40.3 Å². The van der Waals surface area contributed by atoms with E-state index in [1.165, 1.54) is 27.7 Å². The van der Waals surface area contributed by atoms with Crippen molar-refractivity contribution in [1.29, 1.82) is 0 Å². The van der Waals surface area contributed by atoms with Crippen molar-refractivity contribution in [1.82, 2.24) is 4.90 Å². The number of fused-ring (bicyclic) bond motifs is 3. The number of aliphatic carboxylic acids is 2. The maximum atomic E-state index is 13.5. The average molecular weight is 658 g/mol. The van der Waals surface area contributed by atoms with Crippen LogP contribution < -0.4 is 0 Å². The fourth-order valence-corrected chi connectivity index (χ4v) is 9.08. The number of aliphatic hydroxyl groups excluding tert-OH is 1. The van der Waals surface area contributed by atoms with E-state index < -0.39 is 88.7 Å². The quantitative estimate of drug-likeness (QED) is 0.168. The summed E-state index contributed by atoms with van der Waals surface area (Å²) in [6.45, 7) is 9.69. The molecular weight excluding hydrogens is 610 g/mol. The molecule has 0 spiro atoms. The molecule has 6 N–H and O–H groups in total. The number of Topliss-reactive ketones (excluding diaryl/α,β-unsaturated/α-hetero) is 1. The first-order valence-electron chi connectivity index (χ1n) is 15.7. The highest BCUT2D eigenvalue weighted by molar-refractivity contribution is 5.99. The number of nitrogens with zero attached hydrogens (tertiary/aromatic N) is 1. The molecular formula is C35H47NO11. The monoisotopic (exact) mass is 657 g/mol. The second-order valence-corrected chi connectivity index (χ2v) is 14.6. The molecule has 0 radical (unpaired) electrons. The molecule has 3 aliphatic rings. The van der Waals surface area contributed by atoms with Crippen molar-refractivity contribution < 1.29 is 54.6 Å². The Balaban J connectivity index is 1.88. The Hall–Kier alpha value is -3.42. The molecule has 12 nitrogen and oxygen atoms in total. The summed E-state index contributed by atoms with van der Waals surface area (Å²) in [5.41, 5.74) is -11.1. The Morgan fingerprint density at radius 2 is 1.60 bits per heavy atom. The molecule has 0 aromatic heterocycles. The Bertz CT molecular complexity index is 1500. The third-order valence-corrected chi connectivity index (χ3v) is 11.2. The predicted molar refractivity (Wildman–Crippen MR) is 169 cm³/mol. The Morgan fingerprint density at radius 1 is 1.02 bits per heavy atom. The van der Waals surface area contributed by atoms with Crippen LogP contribution in [0.25, 0.3) is 0 Å². The van der Waals surface area contributed by atoms with Crippen LogP contribution in [-0.4, -0.2) is 102 Å². The normalized spacial score (nSPS) is 35.9. The van der Waals surface area contributed by atoms with Crippen LogP contribution in [0.4, 0.5) is 0 Å². The van der Waals surface area contributed by atoms with Gasteiger partial charge in [-0.2, -0.15) is 0 Å². The van der Waals surface area contributed by atoms with Crippen molar-refractivity contribution in [3.8, 4) is 0 Å². The Labute approximate surface area is 274 Å². The maximum Gasteiger partial charge on any atom is 0.308 e. The van der Waals surface area contributed by atoms with E-state index in [-0.39, 0.29) is 42.0 Å². The van der Waals surface area contributed by atoms with Gasteiger partial charge >= 0.3 is 17.9 Å². The van der Waals surface area contributed by atoms with Crippen molar-refractivity contribution in [2.45, 2.75) is 101 Å². The van der Waals surface area contributed by atoms with E-state index in [2.05, 4.69) is 6.58 Å². The van der Waals surface area contributed by atoms with E-state index in [0.29, 0.717) is 0 Å². The molecule has 0 saturated heterocycles. The summed E-state index contributed by atoms with van der Waals surface area (Å²) in [6.07, 6.45) is -6.17. The lowest BCUT2D eigenvalue weighted by atomic mass is 9.41. The van der Waals surface area contributed by atoms with E-state index in [9.17, 15) is 49.8 Å². The summed E-state index contributed by atoms with van der Waals surface area (Å²) < 4.78 is 5.93. The molecule has 1 aromatic carbocycles. The molecule has 47 heavy (non-hydrogen) atoms. The van der Waals surface area contributed by atoms with E-state index in [1.54, 1.807) is 0 Å². The zero-order chi connectivity index (χ0) is 35.5. The van der Waals surface area contributed by atoms with E-state index in [4.69, 9.17) is 4.74 Å². The minimum atomic E-state index is -2.72. The summed E-state index contributed by atoms with van der Waals surface area (Å²) in [4.78, 5) is 53.5. The smallest absolute Gasteiger partial charge is 0.308 e. The zero-order valence-corrected chi connectivity index (χ0v) is 27.8. The summed E-state index contributed by atoms with van der Waals surface area (Å²) in [6, 6.07) is 8.95. The van der Waals surface area contributed by atoms with Gasteiger partial charge in [0.1, 0.15) is 22.9 Å². The number of aliphatic hydroxyl groups is 4. The first-order valence-corrected chi connectivity index (χ1v) is 15.7. The van der Waals surface area contributed by atoms with Crippen molar-refractivity contribution >= 4 is 23.7 Å². The highest BCUT2D eigenvalue weighted by Crippen LogP contribution is 2.66. The maximum absolute atomic E-state index is 13.5. The first kappa shape index (κ1) is 36.4. The van der Waals surface area contributed by atoms with Gasteiger partial charge in [0.2, 0.25) is 0 Å². The highest BCUT2D eigenvalue weighted by atomic mass is 16.5. The van der Waals surface area contributed by atoms with Gasteiger partial charge in [0, 0.05) is 29.2 Å². The van der Waals surface area contributed by atoms with Gasteiger partial charge in [-0.1, -0.05) is 57.7 Å². The number of benzene rings is 1. The first-order chi connectivity index (χ1) is 21.6. The molecule has 12 heteroatoms. The molecule has 0 heterocycles. The molecule has 1 aromatic rings. The number of carboxylic acid groups (broad SMARTS) is 2. The number of carbonyl (C=O) groups excluding carboxylic acids is 2. The largest absolute Gasteiger partial charge is 0.481 e. The zero-order valence-electron chi connectivity index (χ0n) is 27.8. The molecule has 0 aliphatic heterocycles. The van der Waals surface area contributed by atoms with Crippen LogP contribution in [0.3, 0.4) is 0 Å². The third kappa shape index (κ3) is 5.63. The van der Waals surface area contributed by atoms with Gasteiger partial charge in [-0.15, -0.1) is 0 Å². The molecule has 0 amide bonds. The van der Waals surface area contributed by atoms with Crippen molar-refractivity contribution in [3.63, 3.8) is 0 Å². The molecule has 2 fully saturated rings. The summed E-state index contributed by atoms with van der Waals surface area (Å²) in [5.74, 6) is -6.00. The summed E-state index contributed by atoms with van der Waals surface area (Å²) >= 11 is 0. The molecule has 2 saturated carbocycles. The second kappa shape index (κ2) is 12.2. The van der Waals surface area contributed by atoms with Gasteiger partial charge in [-0.3, -0.25) is 19.2 Å². The molecule has 3 aliphatic carbocycles. The van der Waals surface area contributed by atoms with Gasteiger partial charge in [0.05, 0.1) is 25.4 Å². The number of ketones is 1. The number of rotatable bonds is 9. The van der Waals surface area contributed by atoms with Gasteiger partial charge in [-0.05, 0) is 56.1 Å². The standard InChI is InChI=1S/C35H47NO11/c1-19-23(37)16-35(46)31(3,4)28(19)33(44,17-25(38)39)30(43)32(5)14-13-24(20(2)29(32)34(35,45)18-26(40)41)47-27(42)15-22(36(6)7)21-11-9-8-10-12-21/h8-12,22,24,29-30,43-46H,2,13-18H2,1,3-7H3,(H,38,39)(H,40,41)/t22?,24-,29+,30+,32+,33+,34-,35-/m0/s1. The number of allylic oxidation sites excluding steroid dienone is 1. The van der Waals surface area contributed by atoms with Gasteiger partial charge in [0.25, 0.3) is 0 Å². The fraction of sp³-hybridized carbons (Fsp3) is 0.600. The molecule has 2 bridgehead atoms. The van der Waals surface area contributed by atoms with Crippen molar-refractivity contribution in [2.24, 2.45) is 16.7 Å². The van der Waals surface area contributed by atoms with Gasteiger partial charge in [-0.25, -0.2) is 0 Å². The molecule has 1 unspecified atom stereocenters. The van der Waals surface area contributed by atoms with Crippen LogP contribution in [0.2, 0.25) is 0 Å². The lowest BCUT2D eigenvalue weighted by molar-refractivity contribution is -0.280. The fourth-order valence-electron chi connectivity index (χ4n) is 9.08. The topological polar surface area (TPSA) is 202 Å². The van der Waals surface area contributed by atoms with E-state index in [0.717, 1.165) is 5.56 Å². The Kier molecular flexibility index (Phi) is 9.48. The van der Waals surface area contributed by atoms with Crippen LogP contribution in [0, 0.1) is 16.7 Å². The molecule has 258 valence electrons. The summed E-state index contributed by atoms with van der Waals surface area (Å²) in [7, 11) is 3.63. The second-order valence-electron chi connectivity index (χ2n) is 14.6. The lowest BCUT2D eigenvalue weighted by Gasteiger charge is -2.67. The van der Waals surface area contributed by atoms with Crippen LogP contribution >= 0.6 is 0 Å². The molecule has 4 rings (SSSR count). The molecule has 8 atom stereocenters. The van der Waals surface area contributed by atoms with Crippen LogP contribution in [0.5, 0.6) is 0 Å². The minimum Gasteiger partial charge on any atom is -0.481 e. The van der Waals surface area contributed by atoms with Crippen LogP contribution in [-0.2, 0) is 23.9 Å². The lowest BCUT2D eigenvalue weighted by Crippen LogP contribution is -2.77. The number of ether oxygens (including phenoxy) is 1. The average Bonchev–Trinajstić information content (AvgIpc) is 2.95. The minimum absolute atomic E-state index is 0.0255. The van der Waals surface area contributed by atoms with Crippen LogP contribution in [0.1, 0.15) is 77.8 Å². The van der Waals surface area contributed by atoms with E-state index >= 15 is 0 Å². The predicted octanol–water partition coefficient (Wildman–Crippen LogP) is 2.40. The number of carboxylic acids is 2. The van der Waals surface area contributed by atoms with Crippen molar-refractivity contribution in [2.75, 3.05) is 14.1 Å². The number of hydrogen-bond donors (Lipinski definition) is 6. The Morgan fingerprint density at radius 3 is 2.13 bits per heavy atom. The number of hydrogen-bond acceptors (Lipinski definition) is 10. The SMILES string of the molecule is C=C1[C@@H](OC(=O)CC(c2ccccc2)N(C)C)CC[C@@]2(C)[C@@H](O)[C@@](O)(CC(=O)O)C3=C(C)C(=O)C[C@](O)(C3(C)C)[C@](O)(CC(=O)O)[C@H]12. The number of esters is 1. The highest BCUT2D eigenvalue weighted by Gasteiger charge is 2.75. The summed E-state index contributed by atoms with van der Waals surface area (Å²) in [5, 5.41) is 69.9. The number of carbonyl (C=O) groups is 4.